The van der Waals surface area contributed by atoms with Crippen molar-refractivity contribution in [1.29, 1.82) is 0 Å². The van der Waals surface area contributed by atoms with Gasteiger partial charge in [0.15, 0.2) is 0 Å². The van der Waals surface area contributed by atoms with E-state index < -0.39 is 0 Å². The highest BCUT2D eigenvalue weighted by Crippen LogP contribution is 2.38. The highest BCUT2D eigenvalue weighted by molar-refractivity contribution is 4.94. The summed E-state index contributed by atoms with van der Waals surface area (Å²) < 4.78 is 5.59. The molecule has 0 aromatic rings. The maximum Gasteiger partial charge on any atom is 0.0674 e. The lowest BCUT2D eigenvalue weighted by molar-refractivity contribution is -0.0593. The summed E-state index contributed by atoms with van der Waals surface area (Å²) >= 11 is 0. The summed E-state index contributed by atoms with van der Waals surface area (Å²) in [6.45, 7) is 8.20. The molecule has 2 unspecified atom stereocenters. The van der Waals surface area contributed by atoms with E-state index in [9.17, 15) is 0 Å². The summed E-state index contributed by atoms with van der Waals surface area (Å²) in [6, 6.07) is 0. The van der Waals surface area contributed by atoms with E-state index in [2.05, 4.69) is 18.7 Å². The molecular weight excluding hydrogens is 188 g/mol. The first kappa shape index (κ1) is 11.4. The first-order chi connectivity index (χ1) is 7.14. The van der Waals surface area contributed by atoms with Crippen molar-refractivity contribution in [1.82, 2.24) is 4.90 Å². The number of morpholine rings is 1. The average Bonchev–Trinajstić information content (AvgIpc) is 3.01. The van der Waals surface area contributed by atoms with Crippen molar-refractivity contribution in [2.75, 3.05) is 26.2 Å². The third kappa shape index (κ3) is 2.71. The predicted molar refractivity (Wildman–Crippen MR) is 61.8 cm³/mol. The van der Waals surface area contributed by atoms with Crippen molar-refractivity contribution in [2.24, 2.45) is 11.7 Å². The standard InChI is InChI=1S/C12H24N2O/c1-10-8-14(5-6-15-10)12(2,9-13)7-11-3-4-11/h10-11H,3-9,13H2,1-2H3. The lowest BCUT2D eigenvalue weighted by Crippen LogP contribution is -2.57. The SMILES string of the molecule is CC1CN(C(C)(CN)CC2CC2)CCO1. The number of rotatable bonds is 4. The van der Waals surface area contributed by atoms with Gasteiger partial charge >= 0.3 is 0 Å². The van der Waals surface area contributed by atoms with E-state index in [1.807, 2.05) is 0 Å². The van der Waals surface area contributed by atoms with E-state index in [1.54, 1.807) is 0 Å². The fourth-order valence-electron chi connectivity index (χ4n) is 2.59. The Kier molecular flexibility index (Phi) is 3.33. The van der Waals surface area contributed by atoms with Crippen LogP contribution in [-0.4, -0.2) is 42.8 Å². The van der Waals surface area contributed by atoms with Gasteiger partial charge in [0, 0.05) is 25.2 Å². The highest BCUT2D eigenvalue weighted by Gasteiger charge is 2.38. The molecule has 3 nitrogen and oxygen atoms in total. The molecule has 0 bridgehead atoms. The Morgan fingerprint density at radius 3 is 2.73 bits per heavy atom. The molecule has 0 aromatic heterocycles. The zero-order valence-corrected chi connectivity index (χ0v) is 10.0. The minimum absolute atomic E-state index is 0.208. The summed E-state index contributed by atoms with van der Waals surface area (Å²) in [7, 11) is 0. The Morgan fingerprint density at radius 2 is 2.20 bits per heavy atom. The van der Waals surface area contributed by atoms with Crippen LogP contribution in [0.25, 0.3) is 0 Å². The Labute approximate surface area is 93.0 Å². The molecule has 0 aromatic carbocycles. The van der Waals surface area contributed by atoms with Gasteiger partial charge in [-0.05, 0) is 26.2 Å². The summed E-state index contributed by atoms with van der Waals surface area (Å²) in [5, 5.41) is 0. The normalized spacial score (nSPS) is 32.6. The second kappa shape index (κ2) is 4.40. The van der Waals surface area contributed by atoms with E-state index in [0.29, 0.717) is 6.10 Å². The lowest BCUT2D eigenvalue weighted by atomic mass is 9.91. The van der Waals surface area contributed by atoms with Gasteiger partial charge < -0.3 is 10.5 Å². The van der Waals surface area contributed by atoms with Crippen LogP contribution in [0.15, 0.2) is 0 Å². The van der Waals surface area contributed by atoms with Crippen molar-refractivity contribution < 1.29 is 4.74 Å². The van der Waals surface area contributed by atoms with Gasteiger partial charge in [0.05, 0.1) is 12.7 Å². The summed E-state index contributed by atoms with van der Waals surface area (Å²) in [6.07, 6.45) is 4.46. The molecule has 0 spiro atoms. The molecule has 1 heterocycles. The van der Waals surface area contributed by atoms with Crippen LogP contribution in [0, 0.1) is 5.92 Å². The summed E-state index contributed by atoms with van der Waals surface area (Å²) in [5.74, 6) is 0.941. The monoisotopic (exact) mass is 212 g/mol. The fraction of sp³-hybridized carbons (Fsp3) is 1.00. The second-order valence-electron chi connectivity index (χ2n) is 5.48. The quantitative estimate of drug-likeness (QED) is 0.761. The van der Waals surface area contributed by atoms with Gasteiger partial charge in [0.1, 0.15) is 0 Å². The minimum atomic E-state index is 0.208. The fourth-order valence-corrected chi connectivity index (χ4v) is 2.59. The van der Waals surface area contributed by atoms with Gasteiger partial charge in [-0.15, -0.1) is 0 Å². The van der Waals surface area contributed by atoms with Crippen molar-refractivity contribution in [2.45, 2.75) is 44.8 Å². The molecule has 0 radical (unpaired) electrons. The van der Waals surface area contributed by atoms with Crippen molar-refractivity contribution >= 4 is 0 Å². The molecule has 2 rings (SSSR count). The minimum Gasteiger partial charge on any atom is -0.376 e. The van der Waals surface area contributed by atoms with Crippen LogP contribution >= 0.6 is 0 Å². The van der Waals surface area contributed by atoms with Crippen LogP contribution in [0.2, 0.25) is 0 Å². The van der Waals surface area contributed by atoms with E-state index in [0.717, 1.165) is 32.2 Å². The molecule has 2 aliphatic rings. The van der Waals surface area contributed by atoms with Gasteiger partial charge in [-0.25, -0.2) is 0 Å². The zero-order chi connectivity index (χ0) is 10.9. The smallest absolute Gasteiger partial charge is 0.0674 e. The highest BCUT2D eigenvalue weighted by atomic mass is 16.5. The van der Waals surface area contributed by atoms with Gasteiger partial charge in [0.25, 0.3) is 0 Å². The maximum atomic E-state index is 5.98. The van der Waals surface area contributed by atoms with E-state index in [-0.39, 0.29) is 5.54 Å². The Bertz CT molecular complexity index is 218. The van der Waals surface area contributed by atoms with Crippen LogP contribution in [0.1, 0.15) is 33.1 Å². The van der Waals surface area contributed by atoms with Crippen LogP contribution in [0.5, 0.6) is 0 Å². The Hall–Kier alpha value is -0.120. The van der Waals surface area contributed by atoms with Crippen molar-refractivity contribution in [3.8, 4) is 0 Å². The van der Waals surface area contributed by atoms with Gasteiger partial charge in [0.2, 0.25) is 0 Å². The van der Waals surface area contributed by atoms with Crippen LogP contribution in [-0.2, 0) is 4.74 Å². The summed E-state index contributed by atoms with van der Waals surface area (Å²) in [4.78, 5) is 2.54. The first-order valence-electron chi connectivity index (χ1n) is 6.21. The largest absolute Gasteiger partial charge is 0.376 e. The maximum absolute atomic E-state index is 5.98. The molecule has 88 valence electrons. The van der Waals surface area contributed by atoms with Gasteiger partial charge in [-0.1, -0.05) is 12.8 Å². The Balaban J connectivity index is 1.96. The number of hydrogen-bond acceptors (Lipinski definition) is 3. The van der Waals surface area contributed by atoms with Crippen LogP contribution < -0.4 is 5.73 Å². The third-order valence-electron chi connectivity index (χ3n) is 3.87. The van der Waals surface area contributed by atoms with Gasteiger partial charge in [-0.3, -0.25) is 4.90 Å². The molecule has 1 saturated heterocycles. The molecule has 15 heavy (non-hydrogen) atoms. The molecule has 3 heteroatoms. The topological polar surface area (TPSA) is 38.5 Å². The molecule has 2 N–H and O–H groups in total. The molecule has 1 aliphatic heterocycles. The number of hydrogen-bond donors (Lipinski definition) is 1. The predicted octanol–water partition coefficient (Wildman–Crippen LogP) is 1.22. The Morgan fingerprint density at radius 1 is 1.47 bits per heavy atom. The third-order valence-corrected chi connectivity index (χ3v) is 3.87. The number of nitrogens with zero attached hydrogens (tertiary/aromatic N) is 1. The zero-order valence-electron chi connectivity index (χ0n) is 10.0. The molecule has 0 amide bonds. The molecule has 2 atom stereocenters. The van der Waals surface area contributed by atoms with Gasteiger partial charge in [-0.2, -0.15) is 0 Å². The van der Waals surface area contributed by atoms with Crippen LogP contribution in [0.4, 0.5) is 0 Å². The van der Waals surface area contributed by atoms with Crippen molar-refractivity contribution in [3.63, 3.8) is 0 Å². The number of ether oxygens (including phenoxy) is 1. The number of nitrogens with two attached hydrogens (primary N) is 1. The molecule has 1 aliphatic carbocycles. The second-order valence-corrected chi connectivity index (χ2v) is 5.48. The average molecular weight is 212 g/mol. The van der Waals surface area contributed by atoms with Crippen molar-refractivity contribution in [3.05, 3.63) is 0 Å². The first-order valence-corrected chi connectivity index (χ1v) is 6.21. The molecular formula is C12H24N2O. The lowest BCUT2D eigenvalue weighted by Gasteiger charge is -2.44. The summed E-state index contributed by atoms with van der Waals surface area (Å²) in [5.41, 5.74) is 6.18. The van der Waals surface area contributed by atoms with E-state index in [4.69, 9.17) is 10.5 Å². The van der Waals surface area contributed by atoms with E-state index in [1.165, 1.54) is 19.3 Å². The van der Waals surface area contributed by atoms with Crippen LogP contribution in [0.3, 0.4) is 0 Å². The molecule has 2 fully saturated rings. The molecule has 1 saturated carbocycles. The van der Waals surface area contributed by atoms with E-state index >= 15 is 0 Å².